The number of thiophene rings is 1. The van der Waals surface area contributed by atoms with Crippen LogP contribution >= 0.6 is 23.1 Å². The summed E-state index contributed by atoms with van der Waals surface area (Å²) < 4.78 is 6.59. The molecule has 0 saturated carbocycles. The van der Waals surface area contributed by atoms with Gasteiger partial charge in [-0.3, -0.25) is 19.5 Å². The van der Waals surface area contributed by atoms with Crippen LogP contribution in [0.15, 0.2) is 38.7 Å². The fraction of sp³-hybridized carbons (Fsp3) is 0.318. The monoisotopic (exact) mass is 469 g/mol. The van der Waals surface area contributed by atoms with Crippen LogP contribution in [0.25, 0.3) is 10.2 Å². The zero-order valence-electron chi connectivity index (χ0n) is 18.3. The Hall–Kier alpha value is -2.98. The van der Waals surface area contributed by atoms with Crippen molar-refractivity contribution in [1.29, 1.82) is 0 Å². The average molecular weight is 470 g/mol. The molecule has 32 heavy (non-hydrogen) atoms. The number of anilines is 1. The Morgan fingerprint density at radius 2 is 1.94 bits per heavy atom. The van der Waals surface area contributed by atoms with Crippen molar-refractivity contribution >= 4 is 45.2 Å². The number of hydrogen-bond acceptors (Lipinski definition) is 8. The van der Waals surface area contributed by atoms with E-state index in [1.165, 1.54) is 23.1 Å². The molecule has 1 amide bonds. The normalized spacial score (nSPS) is 11.2. The van der Waals surface area contributed by atoms with E-state index >= 15 is 0 Å². The zero-order chi connectivity index (χ0) is 22.8. The molecule has 0 saturated heterocycles. The highest BCUT2D eigenvalue weighted by Gasteiger charge is 2.19. The number of aromatic nitrogens is 4. The molecule has 10 heteroatoms. The van der Waals surface area contributed by atoms with Crippen LogP contribution in [0.1, 0.15) is 34.3 Å². The number of benzene rings is 1. The van der Waals surface area contributed by atoms with Crippen molar-refractivity contribution in [1.82, 2.24) is 19.7 Å². The molecule has 3 heterocycles. The van der Waals surface area contributed by atoms with Crippen LogP contribution < -0.4 is 10.9 Å². The highest BCUT2D eigenvalue weighted by molar-refractivity contribution is 7.99. The first-order chi connectivity index (χ1) is 15.4. The van der Waals surface area contributed by atoms with Crippen LogP contribution in [0.2, 0.25) is 0 Å². The third-order valence-corrected chi connectivity index (χ3v) is 7.31. The lowest BCUT2D eigenvalue weighted by Gasteiger charge is -2.12. The van der Waals surface area contributed by atoms with Crippen molar-refractivity contribution in [3.63, 3.8) is 0 Å². The van der Waals surface area contributed by atoms with E-state index < -0.39 is 0 Å². The molecule has 0 atom stereocenters. The quantitative estimate of drug-likeness (QED) is 0.321. The van der Waals surface area contributed by atoms with Crippen molar-refractivity contribution in [2.45, 2.75) is 45.8 Å². The minimum absolute atomic E-state index is 0.0510. The molecule has 0 bridgehead atoms. The molecule has 0 radical (unpaired) electrons. The number of hydrogen-bond donors (Lipinski definition) is 1. The lowest BCUT2D eigenvalue weighted by atomic mass is 10.1. The Morgan fingerprint density at radius 3 is 2.59 bits per heavy atom. The largest absolute Gasteiger partial charge is 0.328 e. The smallest absolute Gasteiger partial charge is 0.315 e. The van der Waals surface area contributed by atoms with E-state index in [0.29, 0.717) is 27.7 Å². The topological polar surface area (TPSA) is 103 Å². The van der Waals surface area contributed by atoms with Crippen molar-refractivity contribution < 1.29 is 9.32 Å². The van der Waals surface area contributed by atoms with Gasteiger partial charge >= 0.3 is 6.01 Å². The van der Waals surface area contributed by atoms with Gasteiger partial charge in [-0.2, -0.15) is 4.98 Å². The summed E-state index contributed by atoms with van der Waals surface area (Å²) in [7, 11) is 0. The average Bonchev–Trinajstić information content (AvgIpc) is 3.32. The van der Waals surface area contributed by atoms with Crippen LogP contribution in [0.5, 0.6) is 0 Å². The number of carbonyl (C=O) groups excluding carboxylic acids is 1. The van der Waals surface area contributed by atoms with E-state index in [1.54, 1.807) is 11.5 Å². The van der Waals surface area contributed by atoms with Gasteiger partial charge < -0.3 is 4.52 Å². The molecule has 0 unspecified atom stereocenters. The summed E-state index contributed by atoms with van der Waals surface area (Å²) in [4.78, 5) is 36.5. The minimum atomic E-state index is -0.313. The molecule has 0 aliphatic rings. The van der Waals surface area contributed by atoms with E-state index in [1.807, 2.05) is 38.1 Å². The zero-order valence-corrected chi connectivity index (χ0v) is 19.9. The molecule has 8 nitrogen and oxygen atoms in total. The molecular weight excluding hydrogens is 446 g/mol. The van der Waals surface area contributed by atoms with Crippen LogP contribution in [0.4, 0.5) is 6.01 Å². The third-order valence-electron chi connectivity index (χ3n) is 5.00. The minimum Gasteiger partial charge on any atom is -0.315 e. The second-order valence-corrected chi connectivity index (χ2v) is 9.46. The maximum absolute atomic E-state index is 13.5. The van der Waals surface area contributed by atoms with E-state index in [4.69, 9.17) is 9.51 Å². The van der Waals surface area contributed by atoms with Crippen molar-refractivity contribution in [3.8, 4) is 0 Å². The lowest BCUT2D eigenvalue weighted by molar-refractivity contribution is -0.114. The van der Waals surface area contributed by atoms with Crippen LogP contribution in [-0.2, 0) is 17.8 Å². The molecule has 0 fully saturated rings. The molecule has 1 aromatic carbocycles. The second-order valence-electron chi connectivity index (χ2n) is 7.44. The molecule has 4 rings (SSSR count). The third kappa shape index (κ3) is 4.61. The van der Waals surface area contributed by atoms with Crippen LogP contribution in [0, 0.1) is 20.8 Å². The van der Waals surface area contributed by atoms with Gasteiger partial charge in [0.1, 0.15) is 4.83 Å². The number of aryl methyl sites for hydroxylation is 4. The maximum atomic E-state index is 13.5. The van der Waals surface area contributed by atoms with Crippen LogP contribution in [-0.4, -0.2) is 31.4 Å². The molecule has 0 spiro atoms. The van der Waals surface area contributed by atoms with Crippen molar-refractivity contribution in [3.05, 3.63) is 62.0 Å². The predicted molar refractivity (Wildman–Crippen MR) is 127 cm³/mol. The van der Waals surface area contributed by atoms with Crippen LogP contribution in [0.3, 0.4) is 0 Å². The predicted octanol–water partition coefficient (Wildman–Crippen LogP) is 4.11. The van der Waals surface area contributed by atoms with Gasteiger partial charge in [0.2, 0.25) is 5.91 Å². The first kappa shape index (κ1) is 22.2. The summed E-state index contributed by atoms with van der Waals surface area (Å²) in [5.74, 6) is 0.177. The number of thioether (sulfide) groups is 1. The first-order valence-corrected chi connectivity index (χ1v) is 12.0. The van der Waals surface area contributed by atoms with Gasteiger partial charge in [0, 0.05) is 4.88 Å². The van der Waals surface area contributed by atoms with Gasteiger partial charge in [-0.25, -0.2) is 4.98 Å². The molecule has 166 valence electrons. The SMILES string of the molecule is CCc1sc2nc(SCC(=O)Nc3nc(C)no3)n(Cc3ccc(C)cc3)c(=O)c2c1C. The van der Waals surface area contributed by atoms with Gasteiger partial charge in [0.05, 0.1) is 17.7 Å². The number of fused-ring (bicyclic) bond motifs is 1. The fourth-order valence-electron chi connectivity index (χ4n) is 3.34. The summed E-state index contributed by atoms with van der Waals surface area (Å²) in [5, 5.41) is 7.39. The summed E-state index contributed by atoms with van der Waals surface area (Å²) in [6.45, 7) is 8.12. The van der Waals surface area contributed by atoms with E-state index in [0.717, 1.165) is 28.0 Å². The fourth-order valence-corrected chi connectivity index (χ4v) is 5.30. The number of carbonyl (C=O) groups is 1. The van der Waals surface area contributed by atoms with E-state index in [9.17, 15) is 9.59 Å². The Morgan fingerprint density at radius 1 is 1.19 bits per heavy atom. The Bertz CT molecular complexity index is 1340. The standard InChI is InChI=1S/C22H23N5O3S2/c1-5-16-13(3)18-19(32-16)25-22(31-11-17(28)24-21-23-14(4)26-30-21)27(20(18)29)10-15-8-6-12(2)7-9-15/h6-9H,5,10-11H2,1-4H3,(H,23,24,26,28). The van der Waals surface area contributed by atoms with Crippen molar-refractivity contribution in [2.75, 3.05) is 11.1 Å². The molecular formula is C22H23N5O3S2. The van der Waals surface area contributed by atoms with E-state index in [-0.39, 0.29) is 23.2 Å². The summed E-state index contributed by atoms with van der Waals surface area (Å²) in [5.41, 5.74) is 3.05. The van der Waals surface area contributed by atoms with E-state index in [2.05, 4.69) is 22.4 Å². The second kappa shape index (κ2) is 9.25. The lowest BCUT2D eigenvalue weighted by Crippen LogP contribution is -2.24. The molecule has 0 aliphatic carbocycles. The van der Waals surface area contributed by atoms with Gasteiger partial charge in [0.25, 0.3) is 5.56 Å². The number of nitrogens with zero attached hydrogens (tertiary/aromatic N) is 4. The number of nitrogens with one attached hydrogen (secondary N) is 1. The highest BCUT2D eigenvalue weighted by Crippen LogP contribution is 2.29. The van der Waals surface area contributed by atoms with Gasteiger partial charge in [-0.1, -0.05) is 53.7 Å². The number of rotatable bonds is 7. The van der Waals surface area contributed by atoms with Crippen molar-refractivity contribution in [2.24, 2.45) is 0 Å². The van der Waals surface area contributed by atoms with Gasteiger partial charge in [-0.15, -0.1) is 11.3 Å². The van der Waals surface area contributed by atoms with Gasteiger partial charge in [-0.05, 0) is 38.3 Å². The number of amides is 1. The molecule has 3 aromatic heterocycles. The Kier molecular flexibility index (Phi) is 6.43. The molecule has 4 aromatic rings. The van der Waals surface area contributed by atoms with Gasteiger partial charge in [0.15, 0.2) is 11.0 Å². The highest BCUT2D eigenvalue weighted by atomic mass is 32.2. The summed E-state index contributed by atoms with van der Waals surface area (Å²) >= 11 is 2.75. The Labute approximate surface area is 193 Å². The summed E-state index contributed by atoms with van der Waals surface area (Å²) in [6, 6.07) is 8.09. The maximum Gasteiger partial charge on any atom is 0.328 e. The Balaban J connectivity index is 1.67. The summed E-state index contributed by atoms with van der Waals surface area (Å²) in [6.07, 6.45) is 0.846. The molecule has 1 N–H and O–H groups in total. The first-order valence-electron chi connectivity index (χ1n) is 10.2. The molecule has 0 aliphatic heterocycles.